The van der Waals surface area contributed by atoms with Gasteiger partial charge in [0.25, 0.3) is 0 Å². The summed E-state index contributed by atoms with van der Waals surface area (Å²) in [7, 11) is 0. The molecule has 44 valence electrons. The van der Waals surface area contributed by atoms with Crippen molar-refractivity contribution in [3.8, 4) is 0 Å². The molecule has 7 heavy (non-hydrogen) atoms. The Balaban J connectivity index is 3.15. The highest BCUT2D eigenvalue weighted by Gasteiger charge is 2.23. The number of aliphatic hydroxyl groups excluding tert-OH is 1. The van der Waals surface area contributed by atoms with Crippen molar-refractivity contribution in [1.82, 2.24) is 0 Å². The van der Waals surface area contributed by atoms with Crippen molar-refractivity contribution >= 4 is 39.2 Å². The van der Waals surface area contributed by atoms with Crippen LogP contribution in [-0.2, 0) is 0 Å². The highest BCUT2D eigenvalue weighted by molar-refractivity contribution is 7.64. The Kier molecular flexibility index (Phi) is 3.62. The molecule has 0 aliphatic rings. The zero-order valence-corrected chi connectivity index (χ0v) is 6.76. The third-order valence-corrected chi connectivity index (χ3v) is 2.89. The van der Waals surface area contributed by atoms with Gasteiger partial charge in [0.2, 0.25) is 0 Å². The second kappa shape index (κ2) is 3.15. The van der Waals surface area contributed by atoms with Crippen LogP contribution in [0.5, 0.6) is 0 Å². The molecule has 0 aromatic rings. The Labute approximate surface area is 57.3 Å². The molecule has 0 aliphatic heterocycles. The van der Waals surface area contributed by atoms with Crippen LogP contribution in [0.2, 0.25) is 6.04 Å². The molecule has 0 aromatic heterocycles. The van der Waals surface area contributed by atoms with Crippen molar-refractivity contribution in [3.05, 3.63) is 0 Å². The fourth-order valence-corrected chi connectivity index (χ4v) is 1.14. The fraction of sp³-hybridized carbons (Fsp3) is 1.00. The molecule has 0 fully saturated rings. The van der Waals surface area contributed by atoms with Gasteiger partial charge in [-0.2, -0.15) is 0 Å². The first kappa shape index (κ1) is 8.05. The third-order valence-electron chi connectivity index (χ3n) is 0.395. The standard InChI is InChI=1S/C2H5Cl3OSi/c3-7(4,5)2-1-6/h6H,1-2H2. The fourth-order valence-electron chi connectivity index (χ4n) is 0.127. The molecule has 0 saturated carbocycles. The van der Waals surface area contributed by atoms with E-state index in [1.807, 2.05) is 0 Å². The van der Waals surface area contributed by atoms with Crippen LogP contribution in [0.3, 0.4) is 0 Å². The second-order valence-corrected chi connectivity index (χ2v) is 10.4. The summed E-state index contributed by atoms with van der Waals surface area (Å²) in [6.45, 7) is -0.0251. The lowest BCUT2D eigenvalue weighted by Gasteiger charge is -2.01. The lowest BCUT2D eigenvalue weighted by atomic mass is 10.9. The summed E-state index contributed by atoms with van der Waals surface area (Å²) in [4.78, 5) is 0. The third kappa shape index (κ3) is 7.05. The summed E-state index contributed by atoms with van der Waals surface area (Å²) in [5.41, 5.74) is 0. The van der Waals surface area contributed by atoms with E-state index >= 15 is 0 Å². The summed E-state index contributed by atoms with van der Waals surface area (Å²) in [5.74, 6) is 0. The smallest absolute Gasteiger partial charge is 0.343 e. The van der Waals surface area contributed by atoms with Gasteiger partial charge in [0, 0.05) is 12.7 Å². The van der Waals surface area contributed by atoms with E-state index in [-0.39, 0.29) is 6.61 Å². The maximum absolute atomic E-state index is 8.18. The molecule has 0 heterocycles. The van der Waals surface area contributed by atoms with Crippen molar-refractivity contribution in [2.45, 2.75) is 6.04 Å². The van der Waals surface area contributed by atoms with Crippen molar-refractivity contribution < 1.29 is 5.11 Å². The zero-order valence-electron chi connectivity index (χ0n) is 3.50. The molecule has 0 amide bonds. The highest BCUT2D eigenvalue weighted by atomic mass is 35.8. The first-order valence-corrected chi connectivity index (χ1v) is 6.98. The van der Waals surface area contributed by atoms with Gasteiger partial charge in [0.15, 0.2) is 0 Å². The first-order chi connectivity index (χ1) is 3.06. The summed E-state index contributed by atoms with van der Waals surface area (Å²) in [6, 6.07) is -2.16. The average molecular weight is 180 g/mol. The lowest BCUT2D eigenvalue weighted by Crippen LogP contribution is -2.10. The molecule has 1 N–H and O–H groups in total. The van der Waals surface area contributed by atoms with E-state index in [0.29, 0.717) is 6.04 Å². The van der Waals surface area contributed by atoms with Crippen LogP contribution < -0.4 is 0 Å². The monoisotopic (exact) mass is 178 g/mol. The first-order valence-electron chi connectivity index (χ1n) is 1.74. The van der Waals surface area contributed by atoms with Gasteiger partial charge in [-0.1, -0.05) is 0 Å². The number of hydrogen-bond acceptors (Lipinski definition) is 1. The Morgan fingerprint density at radius 3 is 1.71 bits per heavy atom. The molecule has 0 aromatic carbocycles. The molecule has 0 rings (SSSR count). The van der Waals surface area contributed by atoms with Gasteiger partial charge in [0.1, 0.15) is 0 Å². The molecule has 0 aliphatic carbocycles. The van der Waals surface area contributed by atoms with Gasteiger partial charge in [0.05, 0.1) is 0 Å². The Bertz CT molecular complexity index is 51.4. The van der Waals surface area contributed by atoms with E-state index in [1.54, 1.807) is 0 Å². The molecule has 0 saturated heterocycles. The van der Waals surface area contributed by atoms with Gasteiger partial charge in [-0.3, -0.25) is 0 Å². The van der Waals surface area contributed by atoms with E-state index in [4.69, 9.17) is 38.3 Å². The van der Waals surface area contributed by atoms with Gasteiger partial charge in [-0.05, 0) is 0 Å². The van der Waals surface area contributed by atoms with Crippen molar-refractivity contribution in [2.24, 2.45) is 0 Å². The zero-order chi connectivity index (χ0) is 5.91. The Hall–Kier alpha value is 1.05. The number of hydrogen-bond donors (Lipinski definition) is 1. The van der Waals surface area contributed by atoms with Crippen molar-refractivity contribution in [1.29, 1.82) is 0 Å². The Morgan fingerprint density at radius 2 is 1.71 bits per heavy atom. The highest BCUT2D eigenvalue weighted by Crippen LogP contribution is 2.23. The van der Waals surface area contributed by atoms with E-state index in [1.165, 1.54) is 0 Å². The van der Waals surface area contributed by atoms with Crippen LogP contribution in [-0.4, -0.2) is 17.7 Å². The largest absolute Gasteiger partial charge is 0.397 e. The molecule has 5 heteroatoms. The molecule has 0 atom stereocenters. The number of halogens is 3. The van der Waals surface area contributed by atoms with Crippen LogP contribution in [0.25, 0.3) is 0 Å². The quantitative estimate of drug-likeness (QED) is 0.505. The van der Waals surface area contributed by atoms with Gasteiger partial charge in [-0.15, -0.1) is 33.2 Å². The predicted molar refractivity (Wildman–Crippen MR) is 35.2 cm³/mol. The van der Waals surface area contributed by atoms with E-state index in [9.17, 15) is 0 Å². The maximum atomic E-state index is 8.18. The number of rotatable bonds is 2. The molecule has 0 spiro atoms. The van der Waals surface area contributed by atoms with Crippen LogP contribution in [0, 0.1) is 0 Å². The van der Waals surface area contributed by atoms with Crippen molar-refractivity contribution in [2.75, 3.05) is 6.61 Å². The van der Waals surface area contributed by atoms with E-state index in [0.717, 1.165) is 0 Å². The molecule has 0 radical (unpaired) electrons. The minimum Gasteiger partial charge on any atom is -0.397 e. The minimum absolute atomic E-state index is 0.0251. The second-order valence-electron chi connectivity index (χ2n) is 1.09. The maximum Gasteiger partial charge on any atom is 0.343 e. The topological polar surface area (TPSA) is 20.2 Å². The van der Waals surface area contributed by atoms with Crippen LogP contribution in [0.1, 0.15) is 0 Å². The molecule has 0 unspecified atom stereocenters. The van der Waals surface area contributed by atoms with Crippen LogP contribution in [0.4, 0.5) is 0 Å². The SMILES string of the molecule is OCC[Si](Cl)(Cl)Cl. The van der Waals surface area contributed by atoms with Crippen LogP contribution in [0.15, 0.2) is 0 Å². The predicted octanol–water partition coefficient (Wildman–Crippen LogP) is 1.63. The molecular weight excluding hydrogens is 174 g/mol. The normalized spacial score (nSPS) is 12.0. The Morgan fingerprint density at radius 1 is 1.29 bits per heavy atom. The molecule has 1 nitrogen and oxygen atoms in total. The van der Waals surface area contributed by atoms with Gasteiger partial charge < -0.3 is 5.11 Å². The van der Waals surface area contributed by atoms with E-state index in [2.05, 4.69) is 0 Å². The van der Waals surface area contributed by atoms with Gasteiger partial charge >= 0.3 is 6.00 Å². The lowest BCUT2D eigenvalue weighted by molar-refractivity contribution is 0.318. The summed E-state index contributed by atoms with van der Waals surface area (Å²) in [6.07, 6.45) is 0. The van der Waals surface area contributed by atoms with Gasteiger partial charge in [-0.25, -0.2) is 0 Å². The summed E-state index contributed by atoms with van der Waals surface area (Å²) < 4.78 is 0. The average Bonchev–Trinajstić information content (AvgIpc) is 1.30. The summed E-state index contributed by atoms with van der Waals surface area (Å²) >= 11 is 16.0. The number of aliphatic hydroxyl groups is 1. The minimum atomic E-state index is -2.49. The van der Waals surface area contributed by atoms with Crippen LogP contribution >= 0.6 is 33.2 Å². The van der Waals surface area contributed by atoms with E-state index < -0.39 is 6.00 Å². The summed E-state index contributed by atoms with van der Waals surface area (Å²) in [5, 5.41) is 8.18. The molecule has 0 bridgehead atoms. The van der Waals surface area contributed by atoms with Crippen molar-refractivity contribution in [3.63, 3.8) is 0 Å². The molecular formula is C2H5Cl3OSi.